The third-order valence-electron chi connectivity index (χ3n) is 20.8. The molecule has 6 aromatic heterocycles. The molecule has 0 unspecified atom stereocenters. The van der Waals surface area contributed by atoms with Gasteiger partial charge in [-0.3, -0.25) is 56.9 Å². The fourth-order valence-electron chi connectivity index (χ4n) is 14.8. The molecule has 3 atom stereocenters. The van der Waals surface area contributed by atoms with Crippen molar-refractivity contribution in [3.63, 3.8) is 0 Å². The van der Waals surface area contributed by atoms with Gasteiger partial charge in [0.2, 0.25) is 23.8 Å². The zero-order valence-electron chi connectivity index (χ0n) is 66.1. The maximum atomic E-state index is 15.3. The van der Waals surface area contributed by atoms with Crippen molar-refractivity contribution in [2.45, 2.75) is 85.3 Å². The van der Waals surface area contributed by atoms with Crippen LogP contribution in [0.4, 0.5) is 57.4 Å². The molecule has 0 bridgehead atoms. The highest BCUT2D eigenvalue weighted by Crippen LogP contribution is 2.34. The first-order valence-corrected chi connectivity index (χ1v) is 37.6. The molecule has 3 aliphatic rings. The molecule has 0 aliphatic carbocycles. The topological polar surface area (TPSA) is 295 Å². The Balaban J connectivity index is 0.000000176. The van der Waals surface area contributed by atoms with Crippen LogP contribution in [0.15, 0.2) is 161 Å². The number of ether oxygens (including phenoxy) is 4. The van der Waals surface area contributed by atoms with Crippen LogP contribution in [0, 0.1) is 17.5 Å². The number of carbonyl (C=O) groups is 3. The van der Waals surface area contributed by atoms with E-state index in [-0.39, 0.29) is 125 Å². The van der Waals surface area contributed by atoms with Crippen LogP contribution in [0.2, 0.25) is 0 Å². The summed E-state index contributed by atoms with van der Waals surface area (Å²) in [5.74, 6) is -1.65. The fourth-order valence-corrected chi connectivity index (χ4v) is 14.8. The zero-order chi connectivity index (χ0) is 84.8. The standard InChI is InChI=1S/C29H29F3N6O5.C27H27F3N6O4.C25H25F3N6O2.2ClH/c1-17-14-36(8-9-37(17)26(40)16-42-18(2)39)29-33-12-20(13-34-29)21-11-24-22(10-23(21)30)27(41)35(3)38(24)15-19-6-4-5-7-25(19)43-28(31)32;1-16-13-34(7-8-35(16)24(38)15-37)27-31-11-18(12-32-27)19-10-22-20(9-21(19)28)25(39)33(2)36(22)14-17-5-3-4-6-23(17)40-26(29)30;1-15-13-33(8-7-29-15)25-30-11-17(12-31-25)18-10-21-19(9-20(18)26)23(35)32(2)34(21)14-16-5-3-4-6-22(16)36-24(27)28;;/h4-7,10-13,17,28H,8-9,14-16H2,1-3H3;3-6,9-12,16,26,37H,7-8,13-15H2,1-2H3;3-6,9-12,15,24,29H,7-8,13-14H2,1-2H3;2*1H/t17-;16-;15-;;/m111../s1. The van der Waals surface area contributed by atoms with E-state index in [1.165, 1.54) is 96.3 Å². The number of fused-ring (bicyclic) bond motifs is 3. The predicted molar refractivity (Wildman–Crippen MR) is 436 cm³/mol. The molecule has 3 aliphatic heterocycles. The smallest absolute Gasteiger partial charge is 0.387 e. The Morgan fingerprint density at radius 1 is 0.463 bits per heavy atom. The summed E-state index contributed by atoms with van der Waals surface area (Å²) in [4.78, 5) is 110. The highest BCUT2D eigenvalue weighted by atomic mass is 35.5. The fraction of sp³-hybridized carbons (Fsp3) is 0.333. The number of piperazine rings is 3. The molecule has 15 rings (SSSR count). The summed E-state index contributed by atoms with van der Waals surface area (Å²) in [6.07, 6.45) is 9.06. The first kappa shape index (κ1) is 89.2. The molecule has 0 spiro atoms. The number of esters is 1. The van der Waals surface area contributed by atoms with Crippen LogP contribution in [0.1, 0.15) is 44.4 Å². The summed E-state index contributed by atoms with van der Waals surface area (Å²) in [6, 6.07) is 27.0. The van der Waals surface area contributed by atoms with Gasteiger partial charge in [-0.15, -0.1) is 24.8 Å². The van der Waals surface area contributed by atoms with Crippen molar-refractivity contribution in [3.8, 4) is 50.6 Å². The Bertz CT molecular complexity index is 5920. The second kappa shape index (κ2) is 38.7. The Morgan fingerprint density at radius 3 is 1.07 bits per heavy atom. The lowest BCUT2D eigenvalue weighted by Crippen LogP contribution is -2.55. The van der Waals surface area contributed by atoms with Crippen molar-refractivity contribution in [2.75, 3.05) is 86.8 Å². The van der Waals surface area contributed by atoms with Gasteiger partial charge in [0.1, 0.15) is 41.3 Å². The van der Waals surface area contributed by atoms with Crippen molar-refractivity contribution >= 4 is 93.2 Å². The Hall–Kier alpha value is -12.6. The number of benzene rings is 6. The number of aliphatic hydroxyl groups is 1. The molecule has 121 heavy (non-hydrogen) atoms. The lowest BCUT2D eigenvalue weighted by molar-refractivity contribution is -0.151. The van der Waals surface area contributed by atoms with E-state index in [0.717, 1.165) is 31.8 Å². The van der Waals surface area contributed by atoms with Gasteiger partial charge in [-0.05, 0) is 75.4 Å². The van der Waals surface area contributed by atoms with Crippen LogP contribution >= 0.6 is 24.8 Å². The molecule has 3 saturated heterocycles. The molecule has 3 fully saturated rings. The summed E-state index contributed by atoms with van der Waals surface area (Å²) in [5, 5.41) is 13.0. The van der Waals surface area contributed by atoms with Crippen LogP contribution in [-0.4, -0.2) is 201 Å². The van der Waals surface area contributed by atoms with Crippen molar-refractivity contribution in [1.29, 1.82) is 0 Å². The number of halogens is 11. The highest BCUT2D eigenvalue weighted by molar-refractivity contribution is 5.88. The molecule has 29 nitrogen and oxygen atoms in total. The summed E-state index contributed by atoms with van der Waals surface area (Å²) in [5.41, 5.74) is 3.02. The van der Waals surface area contributed by atoms with Crippen molar-refractivity contribution in [3.05, 3.63) is 212 Å². The van der Waals surface area contributed by atoms with E-state index in [1.54, 1.807) is 104 Å². The number of rotatable bonds is 21. The molecule has 40 heteroatoms. The van der Waals surface area contributed by atoms with E-state index in [9.17, 15) is 55.1 Å². The molecule has 6 aromatic carbocycles. The molecule has 0 saturated carbocycles. The van der Waals surface area contributed by atoms with Gasteiger partial charge in [0.15, 0.2) is 6.61 Å². The van der Waals surface area contributed by atoms with Crippen LogP contribution in [0.5, 0.6) is 17.2 Å². The lowest BCUT2D eigenvalue weighted by Gasteiger charge is -2.39. The van der Waals surface area contributed by atoms with Crippen LogP contribution in [-0.2, 0) is 59.9 Å². The van der Waals surface area contributed by atoms with E-state index >= 15 is 13.2 Å². The van der Waals surface area contributed by atoms with Gasteiger partial charge in [-0.1, -0.05) is 54.6 Å². The second-order valence-corrected chi connectivity index (χ2v) is 28.5. The van der Waals surface area contributed by atoms with Crippen molar-refractivity contribution in [2.24, 2.45) is 21.1 Å². The first-order chi connectivity index (χ1) is 57.0. The van der Waals surface area contributed by atoms with E-state index in [4.69, 9.17) is 9.84 Å². The largest absolute Gasteiger partial charge is 0.456 e. The minimum absolute atomic E-state index is 0. The summed E-state index contributed by atoms with van der Waals surface area (Å²) in [7, 11) is 4.57. The van der Waals surface area contributed by atoms with Gasteiger partial charge in [0.05, 0.1) is 52.3 Å². The number of aromatic nitrogens is 12. The number of carbonyl (C=O) groups excluding carboxylic acids is 3. The van der Waals surface area contributed by atoms with E-state index in [1.807, 2.05) is 23.6 Å². The van der Waals surface area contributed by atoms with E-state index in [2.05, 4.69) is 61.3 Å². The third-order valence-corrected chi connectivity index (χ3v) is 20.8. The average molecular weight is 1730 g/mol. The van der Waals surface area contributed by atoms with Crippen LogP contribution in [0.25, 0.3) is 66.1 Å². The molecule has 12 aromatic rings. The van der Waals surface area contributed by atoms with Gasteiger partial charge in [-0.25, -0.2) is 43.1 Å². The number of nitrogens with zero attached hydrogens (tertiary/aromatic N) is 17. The summed E-state index contributed by atoms with van der Waals surface area (Å²) < 4.78 is 151. The van der Waals surface area contributed by atoms with E-state index in [0.29, 0.717) is 113 Å². The number of anilines is 3. The monoisotopic (exact) mass is 1720 g/mol. The third kappa shape index (κ3) is 19.8. The predicted octanol–water partition coefficient (Wildman–Crippen LogP) is 10.0. The summed E-state index contributed by atoms with van der Waals surface area (Å²) in [6.45, 7) is 2.33. The van der Waals surface area contributed by atoms with Crippen LogP contribution in [0.3, 0.4) is 0 Å². The Kier molecular flexibility index (Phi) is 28.5. The Labute approximate surface area is 696 Å². The molecule has 2 amide bonds. The van der Waals surface area contributed by atoms with Gasteiger partial charge in [0, 0.05) is 192 Å². The van der Waals surface area contributed by atoms with Gasteiger partial charge >= 0.3 is 25.8 Å². The lowest BCUT2D eigenvalue weighted by atomic mass is 10.1. The second-order valence-electron chi connectivity index (χ2n) is 28.5. The molecular formula is C81H83Cl2F9N18O11. The maximum absolute atomic E-state index is 15.3. The van der Waals surface area contributed by atoms with Gasteiger partial charge in [-0.2, -0.15) is 26.3 Å². The number of nitrogens with one attached hydrogen (secondary N) is 1. The number of amides is 2. The normalized spacial score (nSPS) is 15.4. The Morgan fingerprint density at radius 2 is 0.777 bits per heavy atom. The van der Waals surface area contributed by atoms with Gasteiger partial charge in [0.25, 0.3) is 22.6 Å². The molecule has 9 heterocycles. The van der Waals surface area contributed by atoms with E-state index < -0.39 is 66.5 Å². The quantitative estimate of drug-likeness (QED) is 0.0499. The molecule has 2 N–H and O–H groups in total. The molecule has 0 radical (unpaired) electrons. The van der Waals surface area contributed by atoms with Crippen LogP contribution < -0.4 is 50.9 Å². The highest BCUT2D eigenvalue weighted by Gasteiger charge is 2.32. The number of hydrogen-bond acceptors (Lipinski definition) is 21. The minimum Gasteiger partial charge on any atom is -0.456 e. The van der Waals surface area contributed by atoms with Crippen molar-refractivity contribution < 1.29 is 78.0 Å². The summed E-state index contributed by atoms with van der Waals surface area (Å²) >= 11 is 0. The zero-order valence-corrected chi connectivity index (χ0v) is 67.7. The number of alkyl halides is 6. The SMILES string of the molecule is CC(=O)OCC(=O)N1CCN(c2ncc(-c3cc4c(cc3F)c(=O)n(C)n4Cc3ccccc3OC(F)F)cn2)C[C@H]1C.C[C@@H]1CN(c2ncc(-c3cc4c(cc3F)c(=O)n(C)n4Cc3ccccc3OC(F)F)cn2)CCN1.C[C@@H]1CN(c2ncc(-c3cc4c(cc3F)c(=O)n(C)n4Cc3ccccc3OC(F)F)cn2)CCN1C(=O)CO.Cl.Cl. The number of aliphatic hydroxyl groups excluding tert-OH is 1. The molecule has 640 valence electrons. The molecular weight excluding hydrogens is 1640 g/mol. The number of para-hydroxylation sites is 3. The average Bonchev–Trinajstić information content (AvgIpc) is 1.64. The van der Waals surface area contributed by atoms with Crippen molar-refractivity contribution in [1.82, 2.24) is 73.1 Å². The van der Waals surface area contributed by atoms with Gasteiger partial charge < -0.3 is 53.9 Å². The maximum Gasteiger partial charge on any atom is 0.387 e. The number of hydrogen-bond donors (Lipinski definition) is 2. The minimum atomic E-state index is -3.02. The first-order valence-electron chi connectivity index (χ1n) is 37.6.